The first kappa shape index (κ1) is 25.1. The number of benzene rings is 3. The molecule has 1 aliphatic rings. The number of amides is 1. The van der Waals surface area contributed by atoms with Crippen molar-refractivity contribution in [2.45, 2.75) is 24.2 Å². The molecule has 0 bridgehead atoms. The Morgan fingerprint density at radius 3 is 1.91 bits per heavy atom. The predicted molar refractivity (Wildman–Crippen MR) is 139 cm³/mol. The predicted octanol–water partition coefficient (Wildman–Crippen LogP) is 3.64. The number of carbonyl (C=O) groups excluding carboxylic acids is 1. The van der Waals surface area contributed by atoms with Crippen LogP contribution in [-0.2, 0) is 14.8 Å². The summed E-state index contributed by atoms with van der Waals surface area (Å²) in [5, 5.41) is 3.06. The highest BCUT2D eigenvalue weighted by Crippen LogP contribution is 2.27. The van der Waals surface area contributed by atoms with Gasteiger partial charge in [-0.15, -0.1) is 0 Å². The Labute approximate surface area is 208 Å². The van der Waals surface area contributed by atoms with Crippen LogP contribution >= 0.6 is 0 Å². The van der Waals surface area contributed by atoms with E-state index in [1.165, 1.54) is 0 Å². The summed E-state index contributed by atoms with van der Waals surface area (Å²) in [7, 11) is -3.47. The van der Waals surface area contributed by atoms with Crippen molar-refractivity contribution in [3.63, 3.8) is 0 Å². The highest BCUT2D eigenvalue weighted by molar-refractivity contribution is 7.89. The summed E-state index contributed by atoms with van der Waals surface area (Å²) in [6.45, 7) is 5.39. The van der Waals surface area contributed by atoms with Crippen LogP contribution in [0.5, 0.6) is 0 Å². The van der Waals surface area contributed by atoms with Crippen molar-refractivity contribution in [1.82, 2.24) is 14.5 Å². The zero-order chi connectivity index (χ0) is 24.7. The van der Waals surface area contributed by atoms with E-state index in [2.05, 4.69) is 34.5 Å². The smallest absolute Gasteiger partial charge is 0.243 e. The topological polar surface area (TPSA) is 69.7 Å². The standard InChI is InChI=1S/C28H33N3O3S/c1-23-12-14-26(15-13-23)35(33,34)31-20-18-30(19-21-31)17-16-29-28(32)22-27(24-8-4-2-5-9-24)25-10-6-3-7-11-25/h2-15,27H,16-22H2,1H3,(H,29,32). The highest BCUT2D eigenvalue weighted by atomic mass is 32.2. The maximum Gasteiger partial charge on any atom is 0.243 e. The van der Waals surface area contributed by atoms with E-state index in [4.69, 9.17) is 0 Å². The third-order valence-electron chi connectivity index (χ3n) is 6.53. The second kappa shape index (κ2) is 11.6. The molecule has 6 nitrogen and oxygen atoms in total. The lowest BCUT2D eigenvalue weighted by Crippen LogP contribution is -2.50. The molecule has 3 aromatic rings. The SMILES string of the molecule is Cc1ccc(S(=O)(=O)N2CCN(CCNC(=O)CC(c3ccccc3)c3ccccc3)CC2)cc1. The van der Waals surface area contributed by atoms with Crippen molar-refractivity contribution >= 4 is 15.9 Å². The summed E-state index contributed by atoms with van der Waals surface area (Å²) in [6, 6.07) is 27.2. The normalized spacial score (nSPS) is 15.3. The van der Waals surface area contributed by atoms with Gasteiger partial charge in [-0.25, -0.2) is 8.42 Å². The molecule has 3 aromatic carbocycles. The average Bonchev–Trinajstić information content (AvgIpc) is 2.89. The molecule has 0 atom stereocenters. The zero-order valence-corrected chi connectivity index (χ0v) is 21.0. The molecule has 1 aliphatic heterocycles. The average molecular weight is 492 g/mol. The monoisotopic (exact) mass is 491 g/mol. The Hall–Kier alpha value is -3.00. The van der Waals surface area contributed by atoms with E-state index in [0.29, 0.717) is 50.6 Å². The van der Waals surface area contributed by atoms with E-state index in [1.54, 1.807) is 16.4 Å². The molecule has 0 unspecified atom stereocenters. The van der Waals surface area contributed by atoms with Crippen molar-refractivity contribution in [2.75, 3.05) is 39.3 Å². The fourth-order valence-electron chi connectivity index (χ4n) is 4.46. The van der Waals surface area contributed by atoms with Gasteiger partial charge in [0.2, 0.25) is 15.9 Å². The second-order valence-corrected chi connectivity index (χ2v) is 10.9. The van der Waals surface area contributed by atoms with Gasteiger partial charge in [0.25, 0.3) is 0 Å². The molecule has 1 saturated heterocycles. The van der Waals surface area contributed by atoms with Crippen molar-refractivity contribution < 1.29 is 13.2 Å². The van der Waals surface area contributed by atoms with E-state index >= 15 is 0 Å². The van der Waals surface area contributed by atoms with Gasteiger partial charge >= 0.3 is 0 Å². The number of rotatable bonds is 9. The third kappa shape index (κ3) is 6.57. The maximum atomic E-state index is 12.9. The Balaban J connectivity index is 1.26. The number of hydrogen-bond donors (Lipinski definition) is 1. The van der Waals surface area contributed by atoms with E-state index < -0.39 is 10.0 Å². The van der Waals surface area contributed by atoms with Gasteiger partial charge in [-0.3, -0.25) is 9.69 Å². The molecule has 0 spiro atoms. The van der Waals surface area contributed by atoms with Crippen molar-refractivity contribution in [2.24, 2.45) is 0 Å². The first-order valence-corrected chi connectivity index (χ1v) is 13.5. The summed E-state index contributed by atoms with van der Waals surface area (Å²) in [4.78, 5) is 15.3. The number of sulfonamides is 1. The van der Waals surface area contributed by atoms with Crippen LogP contribution in [-0.4, -0.2) is 62.8 Å². The van der Waals surface area contributed by atoms with Gasteiger partial charge < -0.3 is 5.32 Å². The van der Waals surface area contributed by atoms with Gasteiger partial charge in [0.1, 0.15) is 0 Å². The molecule has 35 heavy (non-hydrogen) atoms. The lowest BCUT2D eigenvalue weighted by Gasteiger charge is -2.34. The van der Waals surface area contributed by atoms with Crippen LogP contribution in [0, 0.1) is 6.92 Å². The minimum absolute atomic E-state index is 0.00734. The van der Waals surface area contributed by atoms with E-state index in [9.17, 15) is 13.2 Å². The molecule has 184 valence electrons. The summed E-state index contributed by atoms with van der Waals surface area (Å²) < 4.78 is 27.3. The number of carbonyl (C=O) groups is 1. The lowest BCUT2D eigenvalue weighted by atomic mass is 9.88. The molecule has 0 aliphatic carbocycles. The molecule has 1 amide bonds. The first-order chi connectivity index (χ1) is 16.9. The Bertz CT molecular complexity index is 1150. The number of aryl methyl sites for hydroxylation is 1. The summed E-state index contributed by atoms with van der Waals surface area (Å²) in [5.74, 6) is 0.0243. The van der Waals surface area contributed by atoms with E-state index in [-0.39, 0.29) is 11.8 Å². The minimum Gasteiger partial charge on any atom is -0.355 e. The number of hydrogen-bond acceptors (Lipinski definition) is 4. The van der Waals surface area contributed by atoms with E-state index in [1.807, 2.05) is 55.5 Å². The fourth-order valence-corrected chi connectivity index (χ4v) is 5.88. The number of nitrogens with one attached hydrogen (secondary N) is 1. The van der Waals surface area contributed by atoms with Crippen LogP contribution in [0.2, 0.25) is 0 Å². The van der Waals surface area contributed by atoms with Crippen LogP contribution in [0.3, 0.4) is 0 Å². The van der Waals surface area contributed by atoms with Gasteiger partial charge in [-0.05, 0) is 30.2 Å². The van der Waals surface area contributed by atoms with Gasteiger partial charge in [-0.1, -0.05) is 78.4 Å². The van der Waals surface area contributed by atoms with Crippen molar-refractivity contribution in [1.29, 1.82) is 0 Å². The highest BCUT2D eigenvalue weighted by Gasteiger charge is 2.28. The Kier molecular flexibility index (Phi) is 8.33. The summed E-state index contributed by atoms with van der Waals surface area (Å²) in [6.07, 6.45) is 0.386. The molecular weight excluding hydrogens is 458 g/mol. The third-order valence-corrected chi connectivity index (χ3v) is 8.45. The lowest BCUT2D eigenvalue weighted by molar-refractivity contribution is -0.121. The van der Waals surface area contributed by atoms with Crippen LogP contribution in [0.15, 0.2) is 89.8 Å². The Morgan fingerprint density at radius 1 is 0.829 bits per heavy atom. The molecule has 0 saturated carbocycles. The molecule has 1 fully saturated rings. The van der Waals surface area contributed by atoms with Crippen molar-refractivity contribution in [3.05, 3.63) is 102 Å². The van der Waals surface area contributed by atoms with Gasteiger partial charge in [-0.2, -0.15) is 4.31 Å². The largest absolute Gasteiger partial charge is 0.355 e. The van der Waals surface area contributed by atoms with Crippen LogP contribution < -0.4 is 5.32 Å². The molecule has 1 heterocycles. The minimum atomic E-state index is -3.47. The van der Waals surface area contributed by atoms with Gasteiger partial charge in [0.05, 0.1) is 4.90 Å². The molecule has 1 N–H and O–H groups in total. The van der Waals surface area contributed by atoms with Gasteiger partial charge in [0.15, 0.2) is 0 Å². The number of piperazine rings is 1. The molecule has 0 radical (unpaired) electrons. The Morgan fingerprint density at radius 2 is 1.37 bits per heavy atom. The summed E-state index contributed by atoms with van der Waals surface area (Å²) in [5.41, 5.74) is 3.29. The summed E-state index contributed by atoms with van der Waals surface area (Å²) >= 11 is 0. The molecule has 4 rings (SSSR count). The number of nitrogens with zero attached hydrogens (tertiary/aromatic N) is 2. The zero-order valence-electron chi connectivity index (χ0n) is 20.1. The van der Waals surface area contributed by atoms with E-state index in [0.717, 1.165) is 16.7 Å². The molecule has 0 aromatic heterocycles. The van der Waals surface area contributed by atoms with Crippen molar-refractivity contribution in [3.8, 4) is 0 Å². The van der Waals surface area contributed by atoms with Gasteiger partial charge in [0, 0.05) is 51.6 Å². The first-order valence-electron chi connectivity index (χ1n) is 12.1. The fraction of sp³-hybridized carbons (Fsp3) is 0.321. The quantitative estimate of drug-likeness (QED) is 0.496. The maximum absolute atomic E-state index is 12.9. The van der Waals surface area contributed by atoms with Crippen LogP contribution in [0.25, 0.3) is 0 Å². The molecule has 7 heteroatoms. The second-order valence-electron chi connectivity index (χ2n) is 8.99. The molecular formula is C28H33N3O3S. The van der Waals surface area contributed by atoms with Crippen LogP contribution in [0.4, 0.5) is 0 Å². The van der Waals surface area contributed by atoms with Crippen LogP contribution in [0.1, 0.15) is 29.0 Å².